The smallest absolute Gasteiger partial charge is 0.0457 e. The van der Waals surface area contributed by atoms with E-state index >= 15 is 0 Å². The zero-order valence-corrected chi connectivity index (χ0v) is 8.74. The van der Waals surface area contributed by atoms with E-state index in [-0.39, 0.29) is 6.04 Å². The normalized spacial score (nSPS) is 13.2. The maximum Gasteiger partial charge on any atom is 0.0457 e. The summed E-state index contributed by atoms with van der Waals surface area (Å²) in [7, 11) is 0. The molecule has 0 fully saturated rings. The Balaban J connectivity index is 2.19. The molecule has 0 aliphatic rings. The fourth-order valence-electron chi connectivity index (χ4n) is 1.80. The van der Waals surface area contributed by atoms with Gasteiger partial charge in [0.25, 0.3) is 0 Å². The largest absolute Gasteiger partial charge is 0.361 e. The Morgan fingerprint density at radius 1 is 1.27 bits per heavy atom. The number of nitrogens with two attached hydrogens (primary N) is 2. The molecule has 0 unspecified atom stereocenters. The van der Waals surface area contributed by atoms with Crippen molar-refractivity contribution in [1.29, 1.82) is 0 Å². The Hall–Kier alpha value is -1.32. The van der Waals surface area contributed by atoms with Crippen LogP contribution in [0.5, 0.6) is 0 Å². The van der Waals surface area contributed by atoms with Gasteiger partial charge in [-0.15, -0.1) is 0 Å². The van der Waals surface area contributed by atoms with Crippen molar-refractivity contribution in [2.24, 2.45) is 11.5 Å². The van der Waals surface area contributed by atoms with E-state index in [9.17, 15) is 0 Å². The van der Waals surface area contributed by atoms with E-state index in [1.165, 1.54) is 10.9 Å². The topological polar surface area (TPSA) is 67.8 Å². The third kappa shape index (κ3) is 2.19. The summed E-state index contributed by atoms with van der Waals surface area (Å²) in [5.74, 6) is 0. The van der Waals surface area contributed by atoms with Gasteiger partial charge in [-0.3, -0.25) is 0 Å². The maximum absolute atomic E-state index is 6.07. The third-order valence-corrected chi connectivity index (χ3v) is 2.73. The highest BCUT2D eigenvalue weighted by molar-refractivity contribution is 5.79. The van der Waals surface area contributed by atoms with Crippen molar-refractivity contribution in [3.63, 3.8) is 0 Å². The summed E-state index contributed by atoms with van der Waals surface area (Å²) in [6, 6.07) is 8.48. The summed E-state index contributed by atoms with van der Waals surface area (Å²) in [6.45, 7) is 0.707. The first-order valence-electron chi connectivity index (χ1n) is 5.34. The van der Waals surface area contributed by atoms with E-state index in [2.05, 4.69) is 29.2 Å². The van der Waals surface area contributed by atoms with Crippen LogP contribution in [0.4, 0.5) is 0 Å². The highest BCUT2D eigenvalue weighted by Crippen LogP contribution is 2.20. The quantitative estimate of drug-likeness (QED) is 0.710. The van der Waals surface area contributed by atoms with Gasteiger partial charge < -0.3 is 16.5 Å². The van der Waals surface area contributed by atoms with Crippen molar-refractivity contribution < 1.29 is 0 Å². The van der Waals surface area contributed by atoms with E-state index in [0.29, 0.717) is 6.54 Å². The molecule has 0 bridgehead atoms. The van der Waals surface area contributed by atoms with Gasteiger partial charge in [-0.05, 0) is 42.5 Å². The average Bonchev–Trinajstić information content (AvgIpc) is 2.72. The van der Waals surface area contributed by atoms with Crippen molar-refractivity contribution in [2.75, 3.05) is 6.54 Å². The number of H-pyrrole nitrogens is 1. The minimum atomic E-state index is 0.0984. The number of hydrogen-bond acceptors (Lipinski definition) is 2. The van der Waals surface area contributed by atoms with Crippen LogP contribution in [0, 0.1) is 0 Å². The first-order valence-corrected chi connectivity index (χ1v) is 5.34. The maximum atomic E-state index is 6.07. The van der Waals surface area contributed by atoms with Crippen LogP contribution in [0.2, 0.25) is 0 Å². The molecule has 1 heterocycles. The molecule has 80 valence electrons. The standard InChI is InChI=1S/C12H17N3/c13-6-1-2-11(14)10-4-3-9-5-7-15-12(9)8-10/h3-5,7-8,11,15H,1-2,6,13-14H2/t11-/m0/s1. The summed E-state index contributed by atoms with van der Waals surface area (Å²) < 4.78 is 0. The number of benzene rings is 1. The molecule has 2 aromatic rings. The monoisotopic (exact) mass is 203 g/mol. The molecule has 15 heavy (non-hydrogen) atoms. The number of aromatic nitrogens is 1. The second kappa shape index (κ2) is 4.47. The molecule has 1 aromatic carbocycles. The molecule has 3 nitrogen and oxygen atoms in total. The number of hydrogen-bond donors (Lipinski definition) is 3. The summed E-state index contributed by atoms with van der Waals surface area (Å²) >= 11 is 0. The van der Waals surface area contributed by atoms with Gasteiger partial charge in [-0.1, -0.05) is 12.1 Å². The van der Waals surface area contributed by atoms with Gasteiger partial charge in [-0.25, -0.2) is 0 Å². The lowest BCUT2D eigenvalue weighted by Crippen LogP contribution is -2.12. The first kappa shape index (κ1) is 10.2. The zero-order valence-electron chi connectivity index (χ0n) is 8.74. The lowest BCUT2D eigenvalue weighted by atomic mass is 10.0. The van der Waals surface area contributed by atoms with Gasteiger partial charge in [0.2, 0.25) is 0 Å². The molecule has 1 atom stereocenters. The number of rotatable bonds is 4. The minimum Gasteiger partial charge on any atom is -0.361 e. The Labute approximate surface area is 89.5 Å². The molecule has 0 radical (unpaired) electrons. The van der Waals surface area contributed by atoms with Crippen molar-refractivity contribution in [2.45, 2.75) is 18.9 Å². The summed E-state index contributed by atoms with van der Waals surface area (Å²) in [5, 5.41) is 1.23. The highest BCUT2D eigenvalue weighted by Gasteiger charge is 2.06. The Morgan fingerprint density at radius 2 is 2.13 bits per heavy atom. The first-order chi connectivity index (χ1) is 7.31. The van der Waals surface area contributed by atoms with Gasteiger partial charge in [0, 0.05) is 17.8 Å². The molecular weight excluding hydrogens is 186 g/mol. The van der Waals surface area contributed by atoms with Crippen LogP contribution in [0.25, 0.3) is 10.9 Å². The van der Waals surface area contributed by atoms with E-state index in [0.717, 1.165) is 18.4 Å². The summed E-state index contributed by atoms with van der Waals surface area (Å²) in [4.78, 5) is 3.19. The van der Waals surface area contributed by atoms with E-state index in [4.69, 9.17) is 11.5 Å². The number of fused-ring (bicyclic) bond motifs is 1. The van der Waals surface area contributed by atoms with Gasteiger partial charge in [0.05, 0.1) is 0 Å². The SMILES string of the molecule is NCCC[C@H](N)c1ccc2cc[nH]c2c1. The Morgan fingerprint density at radius 3 is 2.93 bits per heavy atom. The van der Waals surface area contributed by atoms with Crippen LogP contribution in [-0.4, -0.2) is 11.5 Å². The van der Waals surface area contributed by atoms with E-state index in [1.54, 1.807) is 0 Å². The zero-order chi connectivity index (χ0) is 10.7. The van der Waals surface area contributed by atoms with Crippen molar-refractivity contribution in [3.05, 3.63) is 36.0 Å². The molecule has 3 heteroatoms. The van der Waals surface area contributed by atoms with Crippen LogP contribution < -0.4 is 11.5 Å². The average molecular weight is 203 g/mol. The number of aromatic amines is 1. The fraction of sp³-hybridized carbons (Fsp3) is 0.333. The van der Waals surface area contributed by atoms with Crippen LogP contribution in [0.1, 0.15) is 24.4 Å². The molecule has 0 spiro atoms. The molecule has 0 saturated heterocycles. The van der Waals surface area contributed by atoms with Crippen molar-refractivity contribution in [1.82, 2.24) is 4.98 Å². The van der Waals surface area contributed by atoms with Crippen molar-refractivity contribution >= 4 is 10.9 Å². The summed E-state index contributed by atoms with van der Waals surface area (Å²) in [5.41, 5.74) is 13.9. The van der Waals surface area contributed by atoms with Crippen LogP contribution in [-0.2, 0) is 0 Å². The third-order valence-electron chi connectivity index (χ3n) is 2.73. The van der Waals surface area contributed by atoms with Gasteiger partial charge in [0.1, 0.15) is 0 Å². The Bertz CT molecular complexity index is 433. The molecule has 2 rings (SSSR count). The van der Waals surface area contributed by atoms with Crippen molar-refractivity contribution in [3.8, 4) is 0 Å². The molecule has 0 amide bonds. The highest BCUT2D eigenvalue weighted by atomic mass is 14.7. The predicted octanol–water partition coefficient (Wildman–Crippen LogP) is 1.91. The van der Waals surface area contributed by atoms with Crippen LogP contribution in [0.15, 0.2) is 30.5 Å². The Kier molecular flexibility index (Phi) is 3.04. The van der Waals surface area contributed by atoms with Crippen LogP contribution >= 0.6 is 0 Å². The van der Waals surface area contributed by atoms with E-state index < -0.39 is 0 Å². The van der Waals surface area contributed by atoms with Gasteiger partial charge >= 0.3 is 0 Å². The molecule has 0 saturated carbocycles. The summed E-state index contributed by atoms with van der Waals surface area (Å²) in [6.07, 6.45) is 3.87. The minimum absolute atomic E-state index is 0.0984. The molecule has 1 aromatic heterocycles. The van der Waals surface area contributed by atoms with Gasteiger partial charge in [0.15, 0.2) is 0 Å². The second-order valence-electron chi connectivity index (χ2n) is 3.86. The molecule has 0 aliphatic heterocycles. The second-order valence-corrected chi connectivity index (χ2v) is 3.86. The molecule has 0 aliphatic carbocycles. The van der Waals surface area contributed by atoms with Crippen LogP contribution in [0.3, 0.4) is 0 Å². The fourth-order valence-corrected chi connectivity index (χ4v) is 1.80. The van der Waals surface area contributed by atoms with Gasteiger partial charge in [-0.2, -0.15) is 0 Å². The lowest BCUT2D eigenvalue weighted by molar-refractivity contribution is 0.618. The molecular formula is C12H17N3. The number of nitrogens with one attached hydrogen (secondary N) is 1. The lowest BCUT2D eigenvalue weighted by Gasteiger charge is -2.11. The van der Waals surface area contributed by atoms with E-state index in [1.807, 2.05) is 6.20 Å². The molecule has 5 N–H and O–H groups in total. The predicted molar refractivity (Wildman–Crippen MR) is 63.5 cm³/mol.